The van der Waals surface area contributed by atoms with E-state index < -0.39 is 0 Å². The Morgan fingerprint density at radius 1 is 1.43 bits per heavy atom. The molecular formula is C10H11N3O. The summed E-state index contributed by atoms with van der Waals surface area (Å²) in [5.41, 5.74) is 1.66. The van der Waals surface area contributed by atoms with Gasteiger partial charge in [0.2, 0.25) is 0 Å². The van der Waals surface area contributed by atoms with Crippen LogP contribution in [-0.2, 0) is 7.05 Å². The second-order valence-electron chi connectivity index (χ2n) is 3.14. The Hall–Kier alpha value is -1.84. The highest BCUT2D eigenvalue weighted by molar-refractivity contribution is 5.81. The molecule has 2 rings (SSSR count). The van der Waals surface area contributed by atoms with Gasteiger partial charge in [0, 0.05) is 19.8 Å². The van der Waals surface area contributed by atoms with E-state index in [1.54, 1.807) is 13.1 Å². The molecule has 0 spiro atoms. The first-order chi connectivity index (χ1) is 6.72. The van der Waals surface area contributed by atoms with E-state index in [9.17, 15) is 4.79 Å². The number of fused-ring (bicyclic) bond motifs is 1. The molecule has 72 valence electrons. The van der Waals surface area contributed by atoms with E-state index >= 15 is 0 Å². The van der Waals surface area contributed by atoms with Gasteiger partial charge >= 0.3 is 0 Å². The number of nitrogens with zero attached hydrogens (tertiary/aromatic N) is 2. The summed E-state index contributed by atoms with van der Waals surface area (Å²) in [5, 5.41) is 3.65. The first-order valence-electron chi connectivity index (χ1n) is 4.35. The van der Waals surface area contributed by atoms with Crippen molar-refractivity contribution in [2.75, 3.05) is 12.4 Å². The molecule has 0 amide bonds. The predicted octanol–water partition coefficient (Wildman–Crippen LogP) is 0.975. The summed E-state index contributed by atoms with van der Waals surface area (Å²) in [5.74, 6) is 0. The first-order valence-corrected chi connectivity index (χ1v) is 4.35. The van der Waals surface area contributed by atoms with Crippen molar-refractivity contribution in [2.24, 2.45) is 7.05 Å². The Morgan fingerprint density at radius 2 is 2.21 bits per heavy atom. The Morgan fingerprint density at radius 3 is 2.93 bits per heavy atom. The van der Waals surface area contributed by atoms with Crippen molar-refractivity contribution in [3.8, 4) is 0 Å². The number of hydrogen-bond donors (Lipinski definition) is 1. The molecule has 0 saturated carbocycles. The van der Waals surface area contributed by atoms with Gasteiger partial charge in [0.05, 0.1) is 17.2 Å². The lowest BCUT2D eigenvalue weighted by atomic mass is 10.2. The monoisotopic (exact) mass is 189 g/mol. The highest BCUT2D eigenvalue weighted by Gasteiger charge is 2.01. The van der Waals surface area contributed by atoms with Crippen molar-refractivity contribution in [1.82, 2.24) is 9.55 Å². The Bertz CT molecular complexity index is 530. The number of rotatable bonds is 1. The molecule has 1 N–H and O–H groups in total. The minimum atomic E-state index is -0.0161. The molecule has 0 aliphatic carbocycles. The van der Waals surface area contributed by atoms with E-state index in [2.05, 4.69) is 10.3 Å². The summed E-state index contributed by atoms with van der Waals surface area (Å²) in [6, 6.07) is 5.51. The van der Waals surface area contributed by atoms with Crippen LogP contribution in [0.15, 0.2) is 29.3 Å². The van der Waals surface area contributed by atoms with Crippen LogP contribution >= 0.6 is 0 Å². The fourth-order valence-corrected chi connectivity index (χ4v) is 1.37. The molecule has 1 aromatic carbocycles. The summed E-state index contributed by atoms with van der Waals surface area (Å²) in [6.07, 6.45) is 1.53. The maximum Gasteiger partial charge on any atom is 0.260 e. The molecule has 0 unspecified atom stereocenters. The lowest BCUT2D eigenvalue weighted by Crippen LogP contribution is -2.16. The molecule has 0 aliphatic heterocycles. The Kier molecular flexibility index (Phi) is 1.96. The van der Waals surface area contributed by atoms with Gasteiger partial charge in [-0.3, -0.25) is 4.79 Å². The summed E-state index contributed by atoms with van der Waals surface area (Å²) in [7, 11) is 3.53. The third-order valence-electron chi connectivity index (χ3n) is 2.21. The van der Waals surface area contributed by atoms with Gasteiger partial charge in [-0.2, -0.15) is 0 Å². The molecule has 0 radical (unpaired) electrons. The maximum absolute atomic E-state index is 11.6. The molecule has 0 saturated heterocycles. The predicted molar refractivity (Wildman–Crippen MR) is 56.5 cm³/mol. The smallest absolute Gasteiger partial charge is 0.260 e. The topological polar surface area (TPSA) is 46.9 Å². The van der Waals surface area contributed by atoms with Crippen LogP contribution < -0.4 is 10.9 Å². The van der Waals surface area contributed by atoms with E-state index in [0.717, 1.165) is 11.2 Å². The molecule has 2 aromatic rings. The average Bonchev–Trinajstić information content (AvgIpc) is 2.23. The molecule has 0 atom stereocenters. The lowest BCUT2D eigenvalue weighted by Gasteiger charge is -2.02. The number of anilines is 1. The van der Waals surface area contributed by atoms with Gasteiger partial charge in [0.25, 0.3) is 5.56 Å². The van der Waals surface area contributed by atoms with Crippen molar-refractivity contribution in [3.63, 3.8) is 0 Å². The summed E-state index contributed by atoms with van der Waals surface area (Å²) in [6.45, 7) is 0. The molecule has 0 aliphatic rings. The van der Waals surface area contributed by atoms with Gasteiger partial charge < -0.3 is 9.88 Å². The SMILES string of the molecule is CNc1ccc2c(=O)n(C)cnc2c1. The standard InChI is InChI=1S/C10H11N3O/c1-11-7-3-4-8-9(5-7)12-6-13(2)10(8)14/h3-6,11H,1-2H3. The number of hydrogen-bond acceptors (Lipinski definition) is 3. The van der Waals surface area contributed by atoms with Crippen molar-refractivity contribution >= 4 is 16.6 Å². The van der Waals surface area contributed by atoms with E-state index in [1.165, 1.54) is 10.9 Å². The third kappa shape index (κ3) is 1.25. The van der Waals surface area contributed by atoms with Crippen molar-refractivity contribution in [3.05, 3.63) is 34.9 Å². The van der Waals surface area contributed by atoms with Crippen LogP contribution in [0.1, 0.15) is 0 Å². The van der Waals surface area contributed by atoms with Crippen LogP contribution in [0.25, 0.3) is 10.9 Å². The van der Waals surface area contributed by atoms with E-state index in [1.807, 2.05) is 19.2 Å². The van der Waals surface area contributed by atoms with Gasteiger partial charge in [0.1, 0.15) is 0 Å². The first kappa shape index (κ1) is 8.74. The highest BCUT2D eigenvalue weighted by Crippen LogP contribution is 2.12. The minimum absolute atomic E-state index is 0.0161. The molecule has 4 heteroatoms. The van der Waals surface area contributed by atoms with Crippen LogP contribution in [0.4, 0.5) is 5.69 Å². The van der Waals surface area contributed by atoms with E-state index in [4.69, 9.17) is 0 Å². The van der Waals surface area contributed by atoms with Crippen molar-refractivity contribution in [2.45, 2.75) is 0 Å². The van der Waals surface area contributed by atoms with Gasteiger partial charge in [-0.05, 0) is 18.2 Å². The van der Waals surface area contributed by atoms with Crippen LogP contribution in [0.3, 0.4) is 0 Å². The van der Waals surface area contributed by atoms with Crippen LogP contribution in [0.2, 0.25) is 0 Å². The number of aromatic nitrogens is 2. The molecular weight excluding hydrogens is 178 g/mol. The molecule has 0 bridgehead atoms. The summed E-state index contributed by atoms with van der Waals surface area (Å²) in [4.78, 5) is 15.8. The number of benzene rings is 1. The van der Waals surface area contributed by atoms with Crippen molar-refractivity contribution < 1.29 is 0 Å². The normalized spacial score (nSPS) is 10.4. The zero-order chi connectivity index (χ0) is 10.1. The van der Waals surface area contributed by atoms with E-state index in [-0.39, 0.29) is 5.56 Å². The second-order valence-corrected chi connectivity index (χ2v) is 3.14. The summed E-state index contributed by atoms with van der Waals surface area (Å²) < 4.78 is 1.47. The van der Waals surface area contributed by atoms with Crippen LogP contribution in [0, 0.1) is 0 Å². The quantitative estimate of drug-likeness (QED) is 0.727. The largest absolute Gasteiger partial charge is 0.388 e. The second kappa shape index (κ2) is 3.14. The van der Waals surface area contributed by atoms with Crippen LogP contribution in [-0.4, -0.2) is 16.6 Å². The summed E-state index contributed by atoms with van der Waals surface area (Å²) >= 11 is 0. The van der Waals surface area contributed by atoms with Gasteiger partial charge in [0.15, 0.2) is 0 Å². The van der Waals surface area contributed by atoms with Gasteiger partial charge in [-0.1, -0.05) is 0 Å². The van der Waals surface area contributed by atoms with Crippen molar-refractivity contribution in [1.29, 1.82) is 0 Å². The highest BCUT2D eigenvalue weighted by atomic mass is 16.1. The maximum atomic E-state index is 11.6. The number of nitrogens with one attached hydrogen (secondary N) is 1. The Labute approximate surface area is 81.2 Å². The lowest BCUT2D eigenvalue weighted by molar-refractivity contribution is 0.843. The van der Waals surface area contributed by atoms with Gasteiger partial charge in [-0.15, -0.1) is 0 Å². The molecule has 14 heavy (non-hydrogen) atoms. The molecule has 1 heterocycles. The Balaban J connectivity index is 2.81. The fraction of sp³-hybridized carbons (Fsp3) is 0.200. The molecule has 4 nitrogen and oxygen atoms in total. The zero-order valence-corrected chi connectivity index (χ0v) is 8.11. The number of aryl methyl sites for hydroxylation is 1. The molecule has 0 fully saturated rings. The van der Waals surface area contributed by atoms with Gasteiger partial charge in [-0.25, -0.2) is 4.98 Å². The fourth-order valence-electron chi connectivity index (χ4n) is 1.37. The third-order valence-corrected chi connectivity index (χ3v) is 2.21. The zero-order valence-electron chi connectivity index (χ0n) is 8.11. The van der Waals surface area contributed by atoms with E-state index in [0.29, 0.717) is 5.39 Å². The minimum Gasteiger partial charge on any atom is -0.388 e. The average molecular weight is 189 g/mol. The molecule has 1 aromatic heterocycles. The van der Waals surface area contributed by atoms with Crippen LogP contribution in [0.5, 0.6) is 0 Å².